The van der Waals surface area contributed by atoms with Crippen LogP contribution in [0.3, 0.4) is 0 Å². The van der Waals surface area contributed by atoms with Gasteiger partial charge in [-0.3, -0.25) is 4.79 Å². The highest BCUT2D eigenvalue weighted by molar-refractivity contribution is 5.82. The Morgan fingerprint density at radius 2 is 2.09 bits per heavy atom. The van der Waals surface area contributed by atoms with Crippen LogP contribution in [0, 0.1) is 0 Å². The molecular formula is C7H13NO3. The van der Waals surface area contributed by atoms with Crippen molar-refractivity contribution in [3.05, 3.63) is 0 Å². The maximum absolute atomic E-state index is 10.8. The van der Waals surface area contributed by atoms with Crippen LogP contribution in [0.1, 0.15) is 20.3 Å². The van der Waals surface area contributed by atoms with Crippen molar-refractivity contribution in [2.24, 2.45) is 0 Å². The molecule has 4 nitrogen and oxygen atoms in total. The van der Waals surface area contributed by atoms with E-state index in [4.69, 9.17) is 0 Å². The molecule has 0 aliphatic rings. The van der Waals surface area contributed by atoms with Crippen molar-refractivity contribution in [1.29, 1.82) is 0 Å². The molecule has 64 valence electrons. The highest BCUT2D eigenvalue weighted by atomic mass is 16.5. The van der Waals surface area contributed by atoms with Crippen LogP contribution < -0.4 is 5.32 Å². The molecule has 0 fully saturated rings. The molecule has 0 heterocycles. The Balaban J connectivity index is 3.94. The molecule has 0 saturated carbocycles. The fourth-order valence-corrected chi connectivity index (χ4v) is 0.715. The summed E-state index contributed by atoms with van der Waals surface area (Å²) in [4.78, 5) is 21.4. The number of hydrogen-bond donors (Lipinski definition) is 1. The summed E-state index contributed by atoms with van der Waals surface area (Å²) < 4.78 is 4.45. The first-order valence-electron chi connectivity index (χ1n) is 3.46. The Labute approximate surface area is 65.9 Å². The van der Waals surface area contributed by atoms with Crippen LogP contribution in [0.4, 0.5) is 0 Å². The van der Waals surface area contributed by atoms with Crippen LogP contribution in [0.5, 0.6) is 0 Å². The van der Waals surface area contributed by atoms with E-state index >= 15 is 0 Å². The van der Waals surface area contributed by atoms with Crippen molar-refractivity contribution in [2.75, 3.05) is 7.11 Å². The van der Waals surface area contributed by atoms with E-state index in [1.807, 2.05) is 0 Å². The fourth-order valence-electron chi connectivity index (χ4n) is 0.715. The Bertz CT molecular complexity index is 156. The summed E-state index contributed by atoms with van der Waals surface area (Å²) in [7, 11) is 1.30. The average Bonchev–Trinajstić information content (AvgIpc) is 1.98. The highest BCUT2D eigenvalue weighted by Crippen LogP contribution is 1.92. The minimum atomic E-state index is -0.502. The zero-order valence-corrected chi connectivity index (χ0v) is 7.01. The van der Waals surface area contributed by atoms with E-state index in [0.717, 1.165) is 0 Å². The normalized spacial score (nSPS) is 11.9. The minimum Gasteiger partial charge on any atom is -0.467 e. The second-order valence-corrected chi connectivity index (χ2v) is 2.18. The standard InChI is InChI=1S/C7H13NO3/c1-4-6(7(10)11-3)8-5(2)9/h6H,4H2,1-3H3,(H,8,9). The van der Waals surface area contributed by atoms with Gasteiger partial charge in [-0.1, -0.05) is 6.92 Å². The van der Waals surface area contributed by atoms with Gasteiger partial charge >= 0.3 is 5.97 Å². The summed E-state index contributed by atoms with van der Waals surface area (Å²) in [5.41, 5.74) is 0. The van der Waals surface area contributed by atoms with Gasteiger partial charge in [-0.15, -0.1) is 0 Å². The predicted octanol–water partition coefficient (Wildman–Crippen LogP) is 0.0741. The third-order valence-corrected chi connectivity index (χ3v) is 1.27. The predicted molar refractivity (Wildman–Crippen MR) is 39.9 cm³/mol. The molecule has 11 heavy (non-hydrogen) atoms. The smallest absolute Gasteiger partial charge is 0.328 e. The van der Waals surface area contributed by atoms with Crippen molar-refractivity contribution >= 4 is 11.9 Å². The molecule has 0 aliphatic heterocycles. The van der Waals surface area contributed by atoms with Crippen molar-refractivity contribution in [3.63, 3.8) is 0 Å². The second-order valence-electron chi connectivity index (χ2n) is 2.18. The second kappa shape index (κ2) is 4.71. The number of nitrogens with one attached hydrogen (secondary N) is 1. The van der Waals surface area contributed by atoms with Gasteiger partial charge in [0.05, 0.1) is 7.11 Å². The largest absolute Gasteiger partial charge is 0.467 e. The molecule has 1 unspecified atom stereocenters. The molecule has 1 N–H and O–H groups in total. The molecule has 0 radical (unpaired) electrons. The van der Waals surface area contributed by atoms with Gasteiger partial charge in [-0.25, -0.2) is 4.79 Å². The zero-order valence-electron chi connectivity index (χ0n) is 7.01. The topological polar surface area (TPSA) is 55.4 Å². The van der Waals surface area contributed by atoms with Crippen LogP contribution in [-0.4, -0.2) is 25.0 Å². The molecule has 0 aromatic heterocycles. The van der Waals surface area contributed by atoms with Gasteiger partial charge in [0, 0.05) is 6.92 Å². The van der Waals surface area contributed by atoms with Gasteiger partial charge in [0.25, 0.3) is 0 Å². The van der Waals surface area contributed by atoms with Crippen molar-refractivity contribution in [3.8, 4) is 0 Å². The number of rotatable bonds is 3. The Kier molecular flexibility index (Phi) is 4.26. The molecule has 1 amide bonds. The van der Waals surface area contributed by atoms with E-state index < -0.39 is 12.0 Å². The third kappa shape index (κ3) is 3.60. The summed E-state index contributed by atoms with van der Waals surface area (Å²) in [6, 6.07) is -0.502. The van der Waals surface area contributed by atoms with Crippen LogP contribution in [0.15, 0.2) is 0 Å². The zero-order chi connectivity index (χ0) is 8.85. The first kappa shape index (κ1) is 9.94. The van der Waals surface area contributed by atoms with Gasteiger partial charge < -0.3 is 10.1 Å². The number of ether oxygens (including phenoxy) is 1. The highest BCUT2D eigenvalue weighted by Gasteiger charge is 2.16. The van der Waals surface area contributed by atoms with E-state index in [-0.39, 0.29) is 5.91 Å². The van der Waals surface area contributed by atoms with Gasteiger partial charge in [0.15, 0.2) is 0 Å². The van der Waals surface area contributed by atoms with E-state index in [1.54, 1.807) is 6.92 Å². The van der Waals surface area contributed by atoms with E-state index in [0.29, 0.717) is 6.42 Å². The van der Waals surface area contributed by atoms with E-state index in [9.17, 15) is 9.59 Å². The van der Waals surface area contributed by atoms with E-state index in [1.165, 1.54) is 14.0 Å². The lowest BCUT2D eigenvalue weighted by atomic mass is 10.2. The van der Waals surface area contributed by atoms with Crippen LogP contribution in [0.2, 0.25) is 0 Å². The molecule has 1 atom stereocenters. The fraction of sp³-hybridized carbons (Fsp3) is 0.714. The van der Waals surface area contributed by atoms with Gasteiger partial charge in [-0.05, 0) is 6.42 Å². The van der Waals surface area contributed by atoms with Gasteiger partial charge in [-0.2, -0.15) is 0 Å². The minimum absolute atomic E-state index is 0.220. The number of amides is 1. The number of hydrogen-bond acceptors (Lipinski definition) is 3. The molecule has 0 bridgehead atoms. The SMILES string of the molecule is CCC(NC(C)=O)C(=O)OC. The summed E-state index contributed by atoms with van der Waals surface area (Å²) in [5.74, 6) is -0.620. The van der Waals surface area contributed by atoms with Crippen LogP contribution in [0.25, 0.3) is 0 Å². The molecule has 0 aromatic carbocycles. The molecule has 4 heteroatoms. The van der Waals surface area contributed by atoms with Gasteiger partial charge in [0.2, 0.25) is 5.91 Å². The Hall–Kier alpha value is -1.06. The Morgan fingerprint density at radius 3 is 2.36 bits per heavy atom. The first-order chi connectivity index (χ1) is 5.11. The Morgan fingerprint density at radius 1 is 1.55 bits per heavy atom. The molecule has 0 aliphatic carbocycles. The number of carbonyl (C=O) groups excluding carboxylic acids is 2. The first-order valence-corrected chi connectivity index (χ1v) is 3.46. The maximum atomic E-state index is 10.8. The third-order valence-electron chi connectivity index (χ3n) is 1.27. The summed E-state index contributed by atoms with van der Waals surface area (Å²) >= 11 is 0. The lowest BCUT2D eigenvalue weighted by Crippen LogP contribution is -2.39. The van der Waals surface area contributed by atoms with Crippen molar-refractivity contribution < 1.29 is 14.3 Å². The molecule has 0 saturated heterocycles. The van der Waals surface area contributed by atoms with Crippen molar-refractivity contribution in [1.82, 2.24) is 5.32 Å². The lowest BCUT2D eigenvalue weighted by Gasteiger charge is -2.12. The number of esters is 1. The lowest BCUT2D eigenvalue weighted by molar-refractivity contribution is -0.144. The molecule has 0 rings (SSSR count). The van der Waals surface area contributed by atoms with Crippen LogP contribution >= 0.6 is 0 Å². The van der Waals surface area contributed by atoms with Gasteiger partial charge in [0.1, 0.15) is 6.04 Å². The number of methoxy groups -OCH3 is 1. The monoisotopic (exact) mass is 159 g/mol. The maximum Gasteiger partial charge on any atom is 0.328 e. The van der Waals surface area contributed by atoms with Crippen molar-refractivity contribution in [2.45, 2.75) is 26.3 Å². The van der Waals surface area contributed by atoms with Crippen LogP contribution in [-0.2, 0) is 14.3 Å². The molecular weight excluding hydrogens is 146 g/mol. The summed E-state index contributed by atoms with van der Waals surface area (Å²) in [6.07, 6.45) is 0.548. The average molecular weight is 159 g/mol. The number of carbonyl (C=O) groups is 2. The van der Waals surface area contributed by atoms with E-state index in [2.05, 4.69) is 10.1 Å². The molecule has 0 aromatic rings. The quantitative estimate of drug-likeness (QED) is 0.593. The summed E-state index contributed by atoms with van der Waals surface area (Å²) in [5, 5.41) is 2.47. The summed E-state index contributed by atoms with van der Waals surface area (Å²) in [6.45, 7) is 3.17. The molecule has 0 spiro atoms.